The molecular weight excluding hydrogens is 272 g/mol. The zero-order valence-corrected chi connectivity index (χ0v) is 11.8. The molecule has 112 valence electrons. The van der Waals surface area contributed by atoms with Crippen molar-refractivity contribution in [2.75, 3.05) is 6.61 Å². The Balaban J connectivity index is 1.83. The number of aliphatic carboxylic acids is 1. The van der Waals surface area contributed by atoms with E-state index in [1.807, 2.05) is 31.2 Å². The largest absolute Gasteiger partial charge is 0.491 e. The Morgan fingerprint density at radius 3 is 2.95 bits per heavy atom. The molecule has 0 spiro atoms. The van der Waals surface area contributed by atoms with Crippen LogP contribution in [0.4, 0.5) is 0 Å². The SMILES string of the molecule is Cc1ccccc1OCCn1cc(CC(N)C(=O)O)nn1. The van der Waals surface area contributed by atoms with Crippen molar-refractivity contribution in [2.24, 2.45) is 5.73 Å². The second kappa shape index (κ2) is 6.85. The molecule has 1 heterocycles. The molecule has 1 unspecified atom stereocenters. The lowest BCUT2D eigenvalue weighted by atomic mass is 10.2. The first-order valence-corrected chi connectivity index (χ1v) is 6.62. The van der Waals surface area contributed by atoms with E-state index in [2.05, 4.69) is 10.3 Å². The van der Waals surface area contributed by atoms with Crippen molar-refractivity contribution >= 4 is 5.97 Å². The minimum Gasteiger partial charge on any atom is -0.491 e. The monoisotopic (exact) mass is 290 g/mol. The van der Waals surface area contributed by atoms with Crippen molar-refractivity contribution in [3.63, 3.8) is 0 Å². The topological polar surface area (TPSA) is 103 Å². The molecule has 0 aliphatic rings. The quantitative estimate of drug-likeness (QED) is 0.774. The predicted octanol–water partition coefficient (Wildman–Crippen LogP) is 0.620. The van der Waals surface area contributed by atoms with Crippen molar-refractivity contribution in [3.8, 4) is 5.75 Å². The molecule has 0 saturated heterocycles. The Kier molecular flexibility index (Phi) is 4.89. The first-order chi connectivity index (χ1) is 10.1. The van der Waals surface area contributed by atoms with Crippen LogP contribution in [0.15, 0.2) is 30.5 Å². The summed E-state index contributed by atoms with van der Waals surface area (Å²) in [5, 5.41) is 16.6. The Labute approximate surface area is 122 Å². The van der Waals surface area contributed by atoms with Crippen molar-refractivity contribution in [3.05, 3.63) is 41.7 Å². The lowest BCUT2D eigenvalue weighted by molar-refractivity contribution is -0.138. The van der Waals surface area contributed by atoms with Gasteiger partial charge < -0.3 is 15.6 Å². The van der Waals surface area contributed by atoms with Crippen LogP contribution in [-0.2, 0) is 17.8 Å². The van der Waals surface area contributed by atoms with Crippen molar-refractivity contribution in [1.29, 1.82) is 0 Å². The van der Waals surface area contributed by atoms with Gasteiger partial charge in [-0.15, -0.1) is 5.10 Å². The number of benzene rings is 1. The van der Waals surface area contributed by atoms with Gasteiger partial charge in [0, 0.05) is 12.6 Å². The number of carboxylic acids is 1. The van der Waals surface area contributed by atoms with Crippen LogP contribution in [0.2, 0.25) is 0 Å². The smallest absolute Gasteiger partial charge is 0.320 e. The molecule has 2 aromatic rings. The van der Waals surface area contributed by atoms with Crippen LogP contribution < -0.4 is 10.5 Å². The van der Waals surface area contributed by atoms with Gasteiger partial charge in [0.15, 0.2) is 0 Å². The molecule has 21 heavy (non-hydrogen) atoms. The average molecular weight is 290 g/mol. The Morgan fingerprint density at radius 2 is 2.24 bits per heavy atom. The van der Waals surface area contributed by atoms with E-state index in [9.17, 15) is 4.79 Å². The summed E-state index contributed by atoms with van der Waals surface area (Å²) in [5.74, 6) is -0.210. The minimum absolute atomic E-state index is 0.161. The van der Waals surface area contributed by atoms with Crippen LogP contribution in [0.3, 0.4) is 0 Å². The molecule has 7 heteroatoms. The van der Waals surface area contributed by atoms with E-state index in [0.29, 0.717) is 18.8 Å². The number of hydrogen-bond acceptors (Lipinski definition) is 5. The molecule has 3 N–H and O–H groups in total. The molecule has 0 aliphatic heterocycles. The standard InChI is InChI=1S/C14H18N4O3/c1-10-4-2-3-5-13(10)21-7-6-18-9-11(16-17-18)8-12(15)14(19)20/h2-5,9,12H,6-8,15H2,1H3,(H,19,20). The van der Waals surface area contributed by atoms with Crippen molar-refractivity contribution < 1.29 is 14.6 Å². The van der Waals surface area contributed by atoms with Gasteiger partial charge in [-0.05, 0) is 18.6 Å². The van der Waals surface area contributed by atoms with Gasteiger partial charge >= 0.3 is 5.97 Å². The molecule has 1 atom stereocenters. The third kappa shape index (κ3) is 4.28. The maximum atomic E-state index is 10.7. The predicted molar refractivity (Wildman–Crippen MR) is 76.0 cm³/mol. The van der Waals surface area contributed by atoms with E-state index in [0.717, 1.165) is 11.3 Å². The number of carboxylic acid groups (broad SMARTS) is 1. The van der Waals surface area contributed by atoms with Gasteiger partial charge in [0.1, 0.15) is 18.4 Å². The van der Waals surface area contributed by atoms with E-state index in [1.54, 1.807) is 10.9 Å². The molecule has 0 fully saturated rings. The van der Waals surface area contributed by atoms with Gasteiger partial charge in [-0.25, -0.2) is 4.68 Å². The molecule has 2 rings (SSSR count). The highest BCUT2D eigenvalue weighted by Crippen LogP contribution is 2.15. The van der Waals surface area contributed by atoms with Gasteiger partial charge in [0.2, 0.25) is 0 Å². The van der Waals surface area contributed by atoms with Crippen LogP contribution in [0.1, 0.15) is 11.3 Å². The van der Waals surface area contributed by atoms with Gasteiger partial charge in [0.05, 0.1) is 12.2 Å². The summed E-state index contributed by atoms with van der Waals surface area (Å²) in [6, 6.07) is 6.81. The molecule has 0 bridgehead atoms. The Morgan fingerprint density at radius 1 is 1.48 bits per heavy atom. The zero-order valence-electron chi connectivity index (χ0n) is 11.8. The lowest BCUT2D eigenvalue weighted by Gasteiger charge is -2.08. The van der Waals surface area contributed by atoms with E-state index < -0.39 is 12.0 Å². The summed E-state index contributed by atoms with van der Waals surface area (Å²) in [6.07, 6.45) is 1.85. The first kappa shape index (κ1) is 15.0. The van der Waals surface area contributed by atoms with Crippen LogP contribution in [0.5, 0.6) is 5.75 Å². The van der Waals surface area contributed by atoms with E-state index in [4.69, 9.17) is 15.6 Å². The molecular formula is C14H18N4O3. The summed E-state index contributed by atoms with van der Waals surface area (Å²) in [6.45, 7) is 2.97. The minimum atomic E-state index is -1.05. The van der Waals surface area contributed by atoms with E-state index >= 15 is 0 Å². The maximum Gasteiger partial charge on any atom is 0.320 e. The van der Waals surface area contributed by atoms with Crippen LogP contribution in [0, 0.1) is 6.92 Å². The summed E-state index contributed by atoms with van der Waals surface area (Å²) in [4.78, 5) is 10.7. The summed E-state index contributed by atoms with van der Waals surface area (Å²) < 4.78 is 7.28. The number of para-hydroxylation sites is 1. The van der Waals surface area contributed by atoms with E-state index in [-0.39, 0.29) is 6.42 Å². The van der Waals surface area contributed by atoms with Crippen molar-refractivity contribution in [1.82, 2.24) is 15.0 Å². The molecule has 0 amide bonds. The Bertz CT molecular complexity index is 612. The fourth-order valence-corrected chi connectivity index (χ4v) is 1.82. The fraction of sp³-hybridized carbons (Fsp3) is 0.357. The van der Waals surface area contributed by atoms with Gasteiger partial charge in [0.25, 0.3) is 0 Å². The van der Waals surface area contributed by atoms with Crippen LogP contribution >= 0.6 is 0 Å². The van der Waals surface area contributed by atoms with Crippen LogP contribution in [0.25, 0.3) is 0 Å². The number of nitrogens with zero attached hydrogens (tertiary/aromatic N) is 3. The molecule has 0 aliphatic carbocycles. The highest BCUT2D eigenvalue weighted by molar-refractivity contribution is 5.73. The molecule has 0 radical (unpaired) electrons. The number of aromatic nitrogens is 3. The van der Waals surface area contributed by atoms with Gasteiger partial charge in [-0.3, -0.25) is 4.79 Å². The molecule has 0 saturated carbocycles. The number of hydrogen-bond donors (Lipinski definition) is 2. The number of aryl methyl sites for hydroxylation is 1. The molecule has 1 aromatic carbocycles. The summed E-state index contributed by atoms with van der Waals surface area (Å²) in [7, 11) is 0. The zero-order chi connectivity index (χ0) is 15.2. The summed E-state index contributed by atoms with van der Waals surface area (Å²) >= 11 is 0. The third-order valence-corrected chi connectivity index (χ3v) is 3.00. The van der Waals surface area contributed by atoms with Gasteiger partial charge in [-0.1, -0.05) is 23.4 Å². The maximum absolute atomic E-state index is 10.7. The van der Waals surface area contributed by atoms with Gasteiger partial charge in [-0.2, -0.15) is 0 Å². The normalized spacial score (nSPS) is 12.1. The highest BCUT2D eigenvalue weighted by Gasteiger charge is 2.14. The summed E-state index contributed by atoms with van der Waals surface area (Å²) in [5.41, 5.74) is 7.08. The third-order valence-electron chi connectivity index (χ3n) is 3.00. The highest BCUT2D eigenvalue weighted by atomic mass is 16.5. The first-order valence-electron chi connectivity index (χ1n) is 6.62. The van der Waals surface area contributed by atoms with Crippen LogP contribution in [-0.4, -0.2) is 38.7 Å². The second-order valence-corrected chi connectivity index (χ2v) is 4.74. The Hall–Kier alpha value is -2.41. The number of carbonyl (C=O) groups is 1. The number of nitrogens with two attached hydrogens (primary N) is 1. The second-order valence-electron chi connectivity index (χ2n) is 4.74. The fourth-order valence-electron chi connectivity index (χ4n) is 1.82. The van der Waals surface area contributed by atoms with E-state index in [1.165, 1.54) is 0 Å². The lowest BCUT2D eigenvalue weighted by Crippen LogP contribution is -2.32. The molecule has 1 aromatic heterocycles. The van der Waals surface area contributed by atoms with Crippen molar-refractivity contribution in [2.45, 2.75) is 25.9 Å². The number of ether oxygens (including phenoxy) is 1. The average Bonchev–Trinajstić information content (AvgIpc) is 2.88. The number of rotatable bonds is 7. The molecule has 7 nitrogen and oxygen atoms in total.